The minimum Gasteiger partial charge on any atom is -0.467 e. The Hall–Kier alpha value is -3.35. The molecule has 0 heterocycles. The topological polar surface area (TPSA) is 84.9 Å². The second kappa shape index (κ2) is 11.2. The first-order valence-corrected chi connectivity index (χ1v) is 10.1. The molecule has 0 aliphatic heterocycles. The molecule has 1 N–H and O–H groups in total. The summed E-state index contributed by atoms with van der Waals surface area (Å²) in [5.41, 5.74) is 1.03. The van der Waals surface area contributed by atoms with Crippen molar-refractivity contribution in [3.05, 3.63) is 71.8 Å². The lowest BCUT2D eigenvalue weighted by Crippen LogP contribution is -2.48. The van der Waals surface area contributed by atoms with Crippen LogP contribution < -0.4 is 5.32 Å². The van der Waals surface area contributed by atoms with E-state index in [0.29, 0.717) is 0 Å². The molecule has 2 amide bonds. The molecule has 2 aromatic rings. The summed E-state index contributed by atoms with van der Waals surface area (Å²) in [5.74, 6) is -1.03. The van der Waals surface area contributed by atoms with Gasteiger partial charge in [0.25, 0.3) is 0 Å². The van der Waals surface area contributed by atoms with Crippen molar-refractivity contribution in [3.63, 3.8) is 0 Å². The average Bonchev–Trinajstić information content (AvgIpc) is 2.72. The molecule has 0 aromatic heterocycles. The number of carbonyl (C=O) groups excluding carboxylic acids is 3. The Morgan fingerprint density at radius 2 is 1.48 bits per heavy atom. The fraction of sp³-hybridized carbons (Fsp3) is 0.375. The molecule has 0 aliphatic carbocycles. The average molecular weight is 427 g/mol. The number of esters is 1. The van der Waals surface area contributed by atoms with Gasteiger partial charge in [0.05, 0.1) is 7.11 Å². The van der Waals surface area contributed by atoms with Gasteiger partial charge in [0, 0.05) is 13.0 Å². The second-order valence-electron chi connectivity index (χ2n) is 8.15. The van der Waals surface area contributed by atoms with Crippen molar-refractivity contribution in [2.24, 2.45) is 0 Å². The molecule has 1 atom stereocenters. The number of rotatable bonds is 8. The van der Waals surface area contributed by atoms with Gasteiger partial charge in [0.2, 0.25) is 5.91 Å². The Morgan fingerprint density at radius 3 is 2.00 bits per heavy atom. The molecular formula is C24H30N2O5. The van der Waals surface area contributed by atoms with Crippen molar-refractivity contribution >= 4 is 18.0 Å². The van der Waals surface area contributed by atoms with Gasteiger partial charge in [-0.05, 0) is 31.9 Å². The van der Waals surface area contributed by atoms with E-state index >= 15 is 0 Å². The lowest BCUT2D eigenvalue weighted by atomic mass is 10.1. The minimum atomic E-state index is -0.864. The van der Waals surface area contributed by atoms with E-state index in [1.54, 1.807) is 20.8 Å². The van der Waals surface area contributed by atoms with Crippen molar-refractivity contribution in [1.29, 1.82) is 0 Å². The molecule has 0 saturated carbocycles. The number of benzene rings is 2. The Morgan fingerprint density at radius 1 is 0.935 bits per heavy atom. The first-order valence-electron chi connectivity index (χ1n) is 10.1. The fourth-order valence-corrected chi connectivity index (χ4v) is 2.91. The second-order valence-corrected chi connectivity index (χ2v) is 8.15. The molecule has 31 heavy (non-hydrogen) atoms. The van der Waals surface area contributed by atoms with Crippen LogP contribution in [0, 0.1) is 0 Å². The Kier molecular flexibility index (Phi) is 8.61. The van der Waals surface area contributed by atoms with Crippen LogP contribution >= 0.6 is 0 Å². The third kappa shape index (κ3) is 8.50. The summed E-state index contributed by atoms with van der Waals surface area (Å²) in [7, 11) is 1.27. The van der Waals surface area contributed by atoms with Gasteiger partial charge >= 0.3 is 12.1 Å². The van der Waals surface area contributed by atoms with Crippen LogP contribution in [0.4, 0.5) is 4.79 Å². The molecule has 7 nitrogen and oxygen atoms in total. The standard InChI is InChI=1S/C24H30N2O5/c1-24(2,3)31-23(29)26(16-19-13-9-6-10-14-19)17-21(27)25-20(22(28)30-4)15-18-11-7-5-8-12-18/h5-14,20H,15-17H2,1-4H3,(H,25,27). The summed E-state index contributed by atoms with van der Waals surface area (Å²) in [4.78, 5) is 39.0. The van der Waals surface area contributed by atoms with Crippen molar-refractivity contribution in [2.45, 2.75) is 45.4 Å². The molecular weight excluding hydrogens is 396 g/mol. The normalized spacial score (nSPS) is 11.9. The van der Waals surface area contributed by atoms with Gasteiger partial charge in [-0.15, -0.1) is 0 Å². The first kappa shape index (κ1) is 23.9. The molecule has 166 valence electrons. The predicted molar refractivity (Wildman–Crippen MR) is 117 cm³/mol. The van der Waals surface area contributed by atoms with Crippen LogP contribution in [0.15, 0.2) is 60.7 Å². The lowest BCUT2D eigenvalue weighted by Gasteiger charge is -2.27. The van der Waals surface area contributed by atoms with Crippen molar-refractivity contribution in [3.8, 4) is 0 Å². The Labute approximate surface area is 183 Å². The largest absolute Gasteiger partial charge is 0.467 e. The van der Waals surface area contributed by atoms with E-state index in [9.17, 15) is 14.4 Å². The zero-order valence-corrected chi connectivity index (χ0v) is 18.5. The summed E-state index contributed by atoms with van der Waals surface area (Å²) in [6.45, 7) is 5.23. The molecule has 2 rings (SSSR count). The van der Waals surface area contributed by atoms with Gasteiger partial charge in [-0.25, -0.2) is 9.59 Å². The Balaban J connectivity index is 2.12. The smallest absolute Gasteiger partial charge is 0.411 e. The highest BCUT2D eigenvalue weighted by atomic mass is 16.6. The first-order chi connectivity index (χ1) is 14.7. The van der Waals surface area contributed by atoms with Crippen LogP contribution in [0.1, 0.15) is 31.9 Å². The summed E-state index contributed by atoms with van der Waals surface area (Å²) >= 11 is 0. The molecule has 0 spiro atoms. The van der Waals surface area contributed by atoms with E-state index < -0.39 is 29.6 Å². The number of nitrogens with zero attached hydrogens (tertiary/aromatic N) is 1. The number of hydrogen-bond donors (Lipinski definition) is 1. The maximum Gasteiger partial charge on any atom is 0.411 e. The van der Waals surface area contributed by atoms with Gasteiger partial charge in [0.15, 0.2) is 0 Å². The molecule has 0 fully saturated rings. The van der Waals surface area contributed by atoms with E-state index in [-0.39, 0.29) is 19.5 Å². The predicted octanol–water partition coefficient (Wildman–Crippen LogP) is 3.32. The molecule has 0 saturated heterocycles. The van der Waals surface area contributed by atoms with Crippen molar-refractivity contribution in [2.75, 3.05) is 13.7 Å². The number of carbonyl (C=O) groups is 3. The van der Waals surface area contributed by atoms with E-state index in [2.05, 4.69) is 5.32 Å². The maximum absolute atomic E-state index is 12.8. The highest BCUT2D eigenvalue weighted by Gasteiger charge is 2.27. The molecule has 0 bridgehead atoms. The molecule has 0 radical (unpaired) electrons. The monoisotopic (exact) mass is 426 g/mol. The summed E-state index contributed by atoms with van der Waals surface area (Å²) in [6, 6.07) is 17.8. The van der Waals surface area contributed by atoms with Crippen LogP contribution in [0.25, 0.3) is 0 Å². The minimum absolute atomic E-state index is 0.199. The van der Waals surface area contributed by atoms with Crippen molar-refractivity contribution < 1.29 is 23.9 Å². The van der Waals surface area contributed by atoms with Crippen LogP contribution in [0.2, 0.25) is 0 Å². The van der Waals surface area contributed by atoms with Crippen molar-refractivity contribution in [1.82, 2.24) is 10.2 Å². The SMILES string of the molecule is COC(=O)C(Cc1ccccc1)NC(=O)CN(Cc1ccccc1)C(=O)OC(C)(C)C. The van der Waals surface area contributed by atoms with Crippen LogP contribution in [-0.2, 0) is 32.0 Å². The number of ether oxygens (including phenoxy) is 2. The number of methoxy groups -OCH3 is 1. The van der Waals surface area contributed by atoms with Gasteiger partial charge in [-0.1, -0.05) is 60.7 Å². The maximum atomic E-state index is 12.8. The zero-order chi connectivity index (χ0) is 22.9. The van der Waals surface area contributed by atoms with Gasteiger partial charge in [-0.3, -0.25) is 9.69 Å². The van der Waals surface area contributed by atoms with Gasteiger partial charge < -0.3 is 14.8 Å². The van der Waals surface area contributed by atoms with E-state index in [0.717, 1.165) is 11.1 Å². The zero-order valence-electron chi connectivity index (χ0n) is 18.5. The summed E-state index contributed by atoms with van der Waals surface area (Å²) < 4.78 is 10.3. The van der Waals surface area contributed by atoms with Gasteiger partial charge in [-0.2, -0.15) is 0 Å². The molecule has 7 heteroatoms. The summed E-state index contributed by atoms with van der Waals surface area (Å²) in [6.07, 6.45) is -0.325. The molecule has 1 unspecified atom stereocenters. The fourth-order valence-electron chi connectivity index (χ4n) is 2.91. The van der Waals surface area contributed by atoms with E-state index in [4.69, 9.17) is 9.47 Å². The third-order valence-corrected chi connectivity index (χ3v) is 4.31. The lowest BCUT2D eigenvalue weighted by molar-refractivity contribution is -0.145. The van der Waals surface area contributed by atoms with Crippen LogP contribution in [0.5, 0.6) is 0 Å². The number of nitrogens with one attached hydrogen (secondary N) is 1. The van der Waals surface area contributed by atoms with E-state index in [1.165, 1.54) is 12.0 Å². The van der Waals surface area contributed by atoms with Gasteiger partial charge in [0.1, 0.15) is 18.2 Å². The highest BCUT2D eigenvalue weighted by Crippen LogP contribution is 2.13. The summed E-state index contributed by atoms with van der Waals surface area (Å²) in [5, 5.41) is 2.69. The van der Waals surface area contributed by atoms with Crippen LogP contribution in [-0.4, -0.2) is 48.2 Å². The number of hydrogen-bond acceptors (Lipinski definition) is 5. The third-order valence-electron chi connectivity index (χ3n) is 4.31. The van der Waals surface area contributed by atoms with Crippen LogP contribution in [0.3, 0.4) is 0 Å². The van der Waals surface area contributed by atoms with E-state index in [1.807, 2.05) is 60.7 Å². The molecule has 0 aliphatic rings. The number of amides is 2. The Bertz CT molecular complexity index is 863. The molecule has 2 aromatic carbocycles. The quantitative estimate of drug-likeness (QED) is 0.655. The highest BCUT2D eigenvalue weighted by molar-refractivity contribution is 5.87.